The van der Waals surface area contributed by atoms with Gasteiger partial charge in [0.1, 0.15) is 5.82 Å². The number of hydrogen-bond donors (Lipinski definition) is 1. The van der Waals surface area contributed by atoms with Gasteiger partial charge in [0, 0.05) is 6.04 Å². The summed E-state index contributed by atoms with van der Waals surface area (Å²) in [5.41, 5.74) is -0.581. The first-order chi connectivity index (χ1) is 7.79. The molecule has 0 aliphatic carbocycles. The van der Waals surface area contributed by atoms with Crippen molar-refractivity contribution in [2.75, 3.05) is 6.54 Å². The summed E-state index contributed by atoms with van der Waals surface area (Å²) >= 11 is 0. The van der Waals surface area contributed by atoms with Gasteiger partial charge in [0.05, 0.1) is 5.56 Å². The number of hydrogen-bond acceptors (Lipinski definition) is 1. The Labute approximate surface area is 97.8 Å². The van der Waals surface area contributed by atoms with Gasteiger partial charge < -0.3 is 5.32 Å². The minimum atomic E-state index is -4.50. The summed E-state index contributed by atoms with van der Waals surface area (Å²) in [5.74, 6) is -0.848. The van der Waals surface area contributed by atoms with E-state index < -0.39 is 17.6 Å². The minimum absolute atomic E-state index is 0.255. The Balaban J connectivity index is 2.76. The molecule has 0 aliphatic heterocycles. The Morgan fingerprint density at radius 3 is 2.35 bits per heavy atom. The second kappa shape index (κ2) is 5.49. The molecular weight excluding hydrogens is 234 g/mol. The standard InChI is InChI=1S/C12H15F4N/c1-8(2)17-4-3-9-5-10(12(14,15)16)7-11(13)6-9/h5-8,17H,3-4H2,1-2H3. The van der Waals surface area contributed by atoms with Gasteiger partial charge in [-0.05, 0) is 36.7 Å². The van der Waals surface area contributed by atoms with Crippen molar-refractivity contribution in [3.8, 4) is 0 Å². The van der Waals surface area contributed by atoms with E-state index in [4.69, 9.17) is 0 Å². The highest BCUT2D eigenvalue weighted by molar-refractivity contribution is 5.27. The molecule has 0 unspecified atom stereocenters. The van der Waals surface area contributed by atoms with Crippen molar-refractivity contribution >= 4 is 0 Å². The molecule has 0 amide bonds. The third-order valence-electron chi connectivity index (χ3n) is 2.25. The van der Waals surface area contributed by atoms with Crippen molar-refractivity contribution in [3.63, 3.8) is 0 Å². The normalized spacial score (nSPS) is 12.2. The molecule has 0 atom stereocenters. The van der Waals surface area contributed by atoms with Gasteiger partial charge in [-0.15, -0.1) is 0 Å². The van der Waals surface area contributed by atoms with Crippen molar-refractivity contribution in [1.82, 2.24) is 5.32 Å². The zero-order valence-electron chi connectivity index (χ0n) is 9.74. The molecule has 0 radical (unpaired) electrons. The topological polar surface area (TPSA) is 12.0 Å². The van der Waals surface area contributed by atoms with Gasteiger partial charge in [-0.25, -0.2) is 4.39 Å². The van der Waals surface area contributed by atoms with Crippen molar-refractivity contribution < 1.29 is 17.6 Å². The van der Waals surface area contributed by atoms with Crippen LogP contribution < -0.4 is 5.32 Å². The molecule has 1 aromatic carbocycles. The molecule has 0 bridgehead atoms. The van der Waals surface area contributed by atoms with Crippen LogP contribution in [0.25, 0.3) is 0 Å². The van der Waals surface area contributed by atoms with Crippen molar-refractivity contribution in [2.45, 2.75) is 32.5 Å². The van der Waals surface area contributed by atoms with Gasteiger partial charge in [-0.2, -0.15) is 13.2 Å². The summed E-state index contributed by atoms with van der Waals surface area (Å²) < 4.78 is 50.3. The highest BCUT2D eigenvalue weighted by Gasteiger charge is 2.31. The van der Waals surface area contributed by atoms with Crippen LogP contribution >= 0.6 is 0 Å². The highest BCUT2D eigenvalue weighted by atomic mass is 19.4. The summed E-state index contributed by atoms with van der Waals surface area (Å²) in [4.78, 5) is 0. The number of halogens is 4. The van der Waals surface area contributed by atoms with E-state index in [-0.39, 0.29) is 6.04 Å². The number of rotatable bonds is 4. The molecule has 0 spiro atoms. The molecule has 5 heteroatoms. The molecule has 1 nitrogen and oxygen atoms in total. The number of nitrogens with one attached hydrogen (secondary N) is 1. The maximum absolute atomic E-state index is 13.0. The predicted molar refractivity (Wildman–Crippen MR) is 58.2 cm³/mol. The maximum Gasteiger partial charge on any atom is 0.416 e. The van der Waals surface area contributed by atoms with E-state index >= 15 is 0 Å². The van der Waals surface area contributed by atoms with Crippen LogP contribution in [0.2, 0.25) is 0 Å². The zero-order valence-corrected chi connectivity index (χ0v) is 9.74. The van der Waals surface area contributed by atoms with Crippen LogP contribution in [0.5, 0.6) is 0 Å². The van der Waals surface area contributed by atoms with E-state index in [1.54, 1.807) is 0 Å². The van der Waals surface area contributed by atoms with Crippen molar-refractivity contribution in [2.24, 2.45) is 0 Å². The molecule has 1 aromatic rings. The predicted octanol–water partition coefficient (Wildman–Crippen LogP) is 3.39. The Hall–Kier alpha value is -1.10. The largest absolute Gasteiger partial charge is 0.416 e. The van der Waals surface area contributed by atoms with Crippen molar-refractivity contribution in [3.05, 3.63) is 35.1 Å². The fourth-order valence-electron chi connectivity index (χ4n) is 1.46. The molecule has 0 fully saturated rings. The maximum atomic E-state index is 13.0. The van der Waals surface area contributed by atoms with Crippen LogP contribution in [0.3, 0.4) is 0 Å². The van der Waals surface area contributed by atoms with E-state index in [0.717, 1.165) is 12.1 Å². The fraction of sp³-hybridized carbons (Fsp3) is 0.500. The summed E-state index contributed by atoms with van der Waals surface area (Å²) in [7, 11) is 0. The SMILES string of the molecule is CC(C)NCCc1cc(F)cc(C(F)(F)F)c1. The lowest BCUT2D eigenvalue weighted by Gasteiger charge is -2.11. The first-order valence-electron chi connectivity index (χ1n) is 5.39. The van der Waals surface area contributed by atoms with Crippen LogP contribution in [-0.2, 0) is 12.6 Å². The van der Waals surface area contributed by atoms with E-state index in [1.807, 2.05) is 13.8 Å². The lowest BCUT2D eigenvalue weighted by atomic mass is 10.1. The van der Waals surface area contributed by atoms with Crippen LogP contribution in [0, 0.1) is 5.82 Å². The third kappa shape index (κ3) is 4.73. The molecule has 0 aromatic heterocycles. The molecule has 1 N–H and O–H groups in total. The second-order valence-electron chi connectivity index (χ2n) is 4.20. The molecule has 1 rings (SSSR count). The van der Waals surface area contributed by atoms with Crippen molar-refractivity contribution in [1.29, 1.82) is 0 Å². The Bertz CT molecular complexity index is 371. The Morgan fingerprint density at radius 2 is 1.82 bits per heavy atom. The first kappa shape index (κ1) is 14.0. The van der Waals surface area contributed by atoms with Gasteiger partial charge in [0.25, 0.3) is 0 Å². The van der Waals surface area contributed by atoms with Gasteiger partial charge >= 0.3 is 6.18 Å². The number of alkyl halides is 3. The van der Waals surface area contributed by atoms with E-state index in [2.05, 4.69) is 5.32 Å². The molecule has 0 saturated heterocycles. The molecule has 0 saturated carbocycles. The monoisotopic (exact) mass is 249 g/mol. The van der Waals surface area contributed by atoms with E-state index in [1.165, 1.54) is 0 Å². The summed E-state index contributed by atoms with van der Waals surface area (Å²) in [6, 6.07) is 2.90. The fourth-order valence-corrected chi connectivity index (χ4v) is 1.46. The lowest BCUT2D eigenvalue weighted by Crippen LogP contribution is -2.25. The summed E-state index contributed by atoms with van der Waals surface area (Å²) in [6.07, 6.45) is -4.12. The van der Waals surface area contributed by atoms with E-state index in [9.17, 15) is 17.6 Å². The van der Waals surface area contributed by atoms with Crippen LogP contribution in [0.4, 0.5) is 17.6 Å². The Kier molecular flexibility index (Phi) is 4.51. The molecular formula is C12H15F4N. The average molecular weight is 249 g/mol. The van der Waals surface area contributed by atoms with Gasteiger partial charge in [0.2, 0.25) is 0 Å². The van der Waals surface area contributed by atoms with Gasteiger partial charge in [-0.3, -0.25) is 0 Å². The number of benzene rings is 1. The van der Waals surface area contributed by atoms with Gasteiger partial charge in [-0.1, -0.05) is 13.8 Å². The minimum Gasteiger partial charge on any atom is -0.314 e. The molecule has 0 aliphatic rings. The second-order valence-corrected chi connectivity index (χ2v) is 4.20. The quantitative estimate of drug-likeness (QED) is 0.806. The van der Waals surface area contributed by atoms with Crippen LogP contribution in [0.1, 0.15) is 25.0 Å². The average Bonchev–Trinajstić information content (AvgIpc) is 2.14. The highest BCUT2D eigenvalue weighted by Crippen LogP contribution is 2.30. The first-order valence-corrected chi connectivity index (χ1v) is 5.39. The Morgan fingerprint density at radius 1 is 1.18 bits per heavy atom. The lowest BCUT2D eigenvalue weighted by molar-refractivity contribution is -0.137. The smallest absolute Gasteiger partial charge is 0.314 e. The molecule has 17 heavy (non-hydrogen) atoms. The van der Waals surface area contributed by atoms with Crippen LogP contribution in [0.15, 0.2) is 18.2 Å². The van der Waals surface area contributed by atoms with Gasteiger partial charge in [0.15, 0.2) is 0 Å². The summed E-state index contributed by atoms with van der Waals surface area (Å²) in [6.45, 7) is 4.40. The zero-order chi connectivity index (χ0) is 13.1. The van der Waals surface area contributed by atoms with Crippen LogP contribution in [-0.4, -0.2) is 12.6 Å². The third-order valence-corrected chi connectivity index (χ3v) is 2.25. The molecule has 96 valence electrons. The summed E-state index contributed by atoms with van der Waals surface area (Å²) in [5, 5.41) is 3.07. The van der Waals surface area contributed by atoms with E-state index in [0.29, 0.717) is 24.6 Å². The molecule has 0 heterocycles.